The first-order chi connectivity index (χ1) is 11.1. The maximum atomic E-state index is 12.8. The van der Waals surface area contributed by atoms with E-state index in [-0.39, 0.29) is 5.91 Å². The van der Waals surface area contributed by atoms with E-state index < -0.39 is 0 Å². The van der Waals surface area contributed by atoms with Crippen molar-refractivity contribution in [3.05, 3.63) is 64.7 Å². The van der Waals surface area contributed by atoms with Crippen molar-refractivity contribution in [2.75, 3.05) is 18.4 Å². The van der Waals surface area contributed by atoms with E-state index >= 15 is 0 Å². The van der Waals surface area contributed by atoms with Crippen molar-refractivity contribution in [1.29, 1.82) is 0 Å². The number of nitrogens with zero attached hydrogens (tertiary/aromatic N) is 1. The Morgan fingerprint density at radius 1 is 0.957 bits per heavy atom. The predicted molar refractivity (Wildman–Crippen MR) is 96.9 cm³/mol. The van der Waals surface area contributed by atoms with Gasteiger partial charge in [0, 0.05) is 17.8 Å². The molecule has 0 saturated carbocycles. The summed E-state index contributed by atoms with van der Waals surface area (Å²) in [6, 6.07) is 13.9. The number of amides is 1. The second-order valence-corrected chi connectivity index (χ2v) is 5.84. The first kappa shape index (κ1) is 17.2. The maximum absolute atomic E-state index is 12.8. The van der Waals surface area contributed by atoms with E-state index in [0.29, 0.717) is 0 Å². The monoisotopic (exact) mass is 310 g/mol. The molecule has 2 aromatic rings. The smallest absolute Gasteiger partial charge is 0.256 e. The molecule has 0 aliphatic heterocycles. The fourth-order valence-corrected chi connectivity index (χ4v) is 2.76. The number of nitrogens with one attached hydrogen (secondary N) is 1. The molecule has 122 valence electrons. The highest BCUT2D eigenvalue weighted by atomic mass is 16.1. The Labute approximate surface area is 139 Å². The highest BCUT2D eigenvalue weighted by molar-refractivity contribution is 6.06. The lowest BCUT2D eigenvalue weighted by atomic mass is 10.0. The Morgan fingerprint density at radius 2 is 1.57 bits per heavy atom. The zero-order valence-electron chi connectivity index (χ0n) is 14.5. The van der Waals surface area contributed by atoms with E-state index in [1.54, 1.807) is 0 Å². The first-order valence-corrected chi connectivity index (χ1v) is 8.24. The third-order valence-corrected chi connectivity index (χ3v) is 4.27. The highest BCUT2D eigenvalue weighted by Gasteiger charge is 2.14. The summed E-state index contributed by atoms with van der Waals surface area (Å²) in [5.74, 6) is -0.0369. The summed E-state index contributed by atoms with van der Waals surface area (Å²) in [7, 11) is 0. The Balaban J connectivity index is 2.26. The van der Waals surface area contributed by atoms with Crippen LogP contribution in [0.15, 0.2) is 42.5 Å². The highest BCUT2D eigenvalue weighted by Crippen LogP contribution is 2.21. The molecule has 3 heteroatoms. The van der Waals surface area contributed by atoms with Gasteiger partial charge in [0.15, 0.2) is 0 Å². The van der Waals surface area contributed by atoms with Gasteiger partial charge in [0.1, 0.15) is 0 Å². The summed E-state index contributed by atoms with van der Waals surface area (Å²) in [5, 5.41) is 3.09. The maximum Gasteiger partial charge on any atom is 0.256 e. The molecule has 0 heterocycles. The molecule has 0 spiro atoms. The zero-order valence-corrected chi connectivity index (χ0v) is 14.5. The normalized spacial score (nSPS) is 10.8. The molecule has 0 aromatic heterocycles. The predicted octanol–water partition coefficient (Wildman–Crippen LogP) is 4.40. The van der Waals surface area contributed by atoms with Crippen molar-refractivity contribution in [2.24, 2.45) is 0 Å². The van der Waals surface area contributed by atoms with E-state index in [9.17, 15) is 4.79 Å². The van der Waals surface area contributed by atoms with E-state index in [4.69, 9.17) is 0 Å². The molecule has 0 aliphatic carbocycles. The van der Waals surface area contributed by atoms with Crippen molar-refractivity contribution in [3.63, 3.8) is 0 Å². The summed E-state index contributed by atoms with van der Waals surface area (Å²) >= 11 is 0. The number of rotatable bonds is 6. The van der Waals surface area contributed by atoms with Gasteiger partial charge >= 0.3 is 0 Å². The fourth-order valence-electron chi connectivity index (χ4n) is 2.76. The SMILES string of the molecule is CCN(CC)Cc1ccccc1C(=O)Nc1c(C)cccc1C. The van der Waals surface area contributed by atoms with Gasteiger partial charge in [-0.25, -0.2) is 0 Å². The average molecular weight is 310 g/mol. The molecule has 1 N–H and O–H groups in total. The zero-order chi connectivity index (χ0) is 16.8. The van der Waals surface area contributed by atoms with Crippen molar-refractivity contribution in [2.45, 2.75) is 34.2 Å². The molecular formula is C20H26N2O. The lowest BCUT2D eigenvalue weighted by Crippen LogP contribution is -2.24. The molecular weight excluding hydrogens is 284 g/mol. The summed E-state index contributed by atoms with van der Waals surface area (Å²) in [5.41, 5.74) is 4.90. The molecule has 2 rings (SSSR count). The molecule has 1 amide bonds. The quantitative estimate of drug-likeness (QED) is 0.858. The molecule has 23 heavy (non-hydrogen) atoms. The summed E-state index contributed by atoms with van der Waals surface area (Å²) in [6.07, 6.45) is 0. The standard InChI is InChI=1S/C20H26N2O/c1-5-22(6-2)14-17-12-7-8-13-18(17)20(23)21-19-15(3)10-9-11-16(19)4/h7-13H,5-6,14H2,1-4H3,(H,21,23). The molecule has 0 atom stereocenters. The van der Waals surface area contributed by atoms with Gasteiger partial charge in [-0.2, -0.15) is 0 Å². The van der Waals surface area contributed by atoms with E-state index in [2.05, 4.69) is 24.1 Å². The van der Waals surface area contributed by atoms with Crippen molar-refractivity contribution in [1.82, 2.24) is 4.90 Å². The minimum absolute atomic E-state index is 0.0369. The first-order valence-electron chi connectivity index (χ1n) is 8.24. The Morgan fingerprint density at radius 3 is 2.17 bits per heavy atom. The fraction of sp³-hybridized carbons (Fsp3) is 0.350. The van der Waals surface area contributed by atoms with Crippen LogP contribution in [0.5, 0.6) is 0 Å². The summed E-state index contributed by atoms with van der Waals surface area (Å²) < 4.78 is 0. The summed E-state index contributed by atoms with van der Waals surface area (Å²) in [4.78, 5) is 15.1. The number of aryl methyl sites for hydroxylation is 2. The molecule has 3 nitrogen and oxygen atoms in total. The van der Waals surface area contributed by atoms with Gasteiger partial charge in [0.25, 0.3) is 5.91 Å². The van der Waals surface area contributed by atoms with Gasteiger partial charge < -0.3 is 5.32 Å². The van der Waals surface area contributed by atoms with Crippen LogP contribution < -0.4 is 5.32 Å². The van der Waals surface area contributed by atoms with Gasteiger partial charge in [-0.05, 0) is 49.7 Å². The molecule has 0 fully saturated rings. The third-order valence-electron chi connectivity index (χ3n) is 4.27. The molecule has 0 bridgehead atoms. The molecule has 0 radical (unpaired) electrons. The number of hydrogen-bond acceptors (Lipinski definition) is 2. The van der Waals surface area contributed by atoms with Crippen LogP contribution in [0.1, 0.15) is 40.9 Å². The van der Waals surface area contributed by atoms with E-state index in [0.717, 1.165) is 47.6 Å². The molecule has 2 aromatic carbocycles. The van der Waals surface area contributed by atoms with Gasteiger partial charge in [-0.3, -0.25) is 9.69 Å². The minimum Gasteiger partial charge on any atom is -0.321 e. The van der Waals surface area contributed by atoms with E-state index in [1.165, 1.54) is 0 Å². The molecule has 0 saturated heterocycles. The largest absolute Gasteiger partial charge is 0.321 e. The number of para-hydroxylation sites is 1. The van der Waals surface area contributed by atoms with Gasteiger partial charge in [0.2, 0.25) is 0 Å². The average Bonchev–Trinajstić information content (AvgIpc) is 2.56. The number of benzene rings is 2. The van der Waals surface area contributed by atoms with Crippen LogP contribution >= 0.6 is 0 Å². The molecule has 0 unspecified atom stereocenters. The topological polar surface area (TPSA) is 32.3 Å². The van der Waals surface area contributed by atoms with Gasteiger partial charge in [-0.15, -0.1) is 0 Å². The number of anilines is 1. The lowest BCUT2D eigenvalue weighted by Gasteiger charge is -2.20. The van der Waals surface area contributed by atoms with E-state index in [1.807, 2.05) is 56.3 Å². The van der Waals surface area contributed by atoms with Crippen LogP contribution in [0.4, 0.5) is 5.69 Å². The number of carbonyl (C=O) groups excluding carboxylic acids is 1. The summed E-state index contributed by atoms with van der Waals surface area (Å²) in [6.45, 7) is 11.1. The second-order valence-electron chi connectivity index (χ2n) is 5.84. The van der Waals surface area contributed by atoms with Crippen LogP contribution in [0, 0.1) is 13.8 Å². The van der Waals surface area contributed by atoms with Crippen LogP contribution in [-0.2, 0) is 6.54 Å². The van der Waals surface area contributed by atoms with Crippen molar-refractivity contribution in [3.8, 4) is 0 Å². The Bertz CT molecular complexity index is 655. The number of carbonyl (C=O) groups is 1. The Hall–Kier alpha value is -2.13. The van der Waals surface area contributed by atoms with Gasteiger partial charge in [0.05, 0.1) is 0 Å². The van der Waals surface area contributed by atoms with Crippen molar-refractivity contribution >= 4 is 11.6 Å². The van der Waals surface area contributed by atoms with Crippen LogP contribution in [0.25, 0.3) is 0 Å². The van der Waals surface area contributed by atoms with Crippen LogP contribution in [-0.4, -0.2) is 23.9 Å². The van der Waals surface area contributed by atoms with Crippen LogP contribution in [0.3, 0.4) is 0 Å². The Kier molecular flexibility index (Phi) is 5.94. The second kappa shape index (κ2) is 7.93. The van der Waals surface area contributed by atoms with Crippen LogP contribution in [0.2, 0.25) is 0 Å². The number of hydrogen-bond donors (Lipinski definition) is 1. The van der Waals surface area contributed by atoms with Gasteiger partial charge in [-0.1, -0.05) is 50.2 Å². The molecule has 0 aliphatic rings. The minimum atomic E-state index is -0.0369. The third kappa shape index (κ3) is 4.20. The lowest BCUT2D eigenvalue weighted by molar-refractivity contribution is 0.102. The van der Waals surface area contributed by atoms with Crippen molar-refractivity contribution < 1.29 is 4.79 Å².